The van der Waals surface area contributed by atoms with Crippen molar-refractivity contribution in [1.29, 1.82) is 0 Å². The number of hydrogen-bond acceptors (Lipinski definition) is 3. The normalized spacial score (nSPS) is 20.8. The summed E-state index contributed by atoms with van der Waals surface area (Å²) in [4.78, 5) is 0. The summed E-state index contributed by atoms with van der Waals surface area (Å²) in [7, 11) is -2.27. The first-order valence-electron chi connectivity index (χ1n) is 11.4. The summed E-state index contributed by atoms with van der Waals surface area (Å²) < 4.78 is 18.3. The maximum atomic E-state index is 6.08. The molecule has 5 heteroatoms. The maximum absolute atomic E-state index is 6.08. The standard InChI is InChI=1S/C21H43O3PSi/c1-4-22-26(23-5-2,24-6-3)19-13-18-25(20-14-9-7-10-15-20)21-16-11-8-12-17-21/h20-21H,4-19H2,1-3H3. The molecule has 0 N–H and O–H groups in total. The molecule has 2 fully saturated rings. The van der Waals surface area contributed by atoms with Crippen LogP contribution in [-0.2, 0) is 13.3 Å². The Labute approximate surface area is 165 Å². The summed E-state index contributed by atoms with van der Waals surface area (Å²) in [5.74, 6) is 0. The van der Waals surface area contributed by atoms with Crippen molar-refractivity contribution in [2.75, 3.05) is 26.0 Å². The average molecular weight is 403 g/mol. The van der Waals surface area contributed by atoms with Gasteiger partial charge in [0.25, 0.3) is 0 Å². The molecule has 26 heavy (non-hydrogen) atoms. The van der Waals surface area contributed by atoms with Gasteiger partial charge in [0.15, 0.2) is 0 Å². The lowest BCUT2D eigenvalue weighted by Gasteiger charge is -2.39. The van der Waals surface area contributed by atoms with Gasteiger partial charge in [-0.15, -0.1) is 7.92 Å². The molecule has 3 nitrogen and oxygen atoms in total. The Balaban J connectivity index is 1.95. The van der Waals surface area contributed by atoms with Crippen molar-refractivity contribution in [3.63, 3.8) is 0 Å². The molecule has 0 bridgehead atoms. The van der Waals surface area contributed by atoms with E-state index in [1.165, 1.54) is 76.8 Å². The molecule has 0 amide bonds. The Morgan fingerprint density at radius 2 is 1.12 bits per heavy atom. The molecule has 154 valence electrons. The smallest absolute Gasteiger partial charge is 0.374 e. The Hall–Kier alpha value is 0.527. The Morgan fingerprint density at radius 3 is 1.50 bits per heavy atom. The topological polar surface area (TPSA) is 27.7 Å². The van der Waals surface area contributed by atoms with Crippen LogP contribution in [0.4, 0.5) is 0 Å². The number of rotatable bonds is 12. The third kappa shape index (κ3) is 7.17. The highest BCUT2D eigenvalue weighted by Crippen LogP contribution is 2.56. The van der Waals surface area contributed by atoms with Gasteiger partial charge in [-0.25, -0.2) is 0 Å². The molecule has 2 rings (SSSR count). The van der Waals surface area contributed by atoms with Crippen LogP contribution < -0.4 is 0 Å². The summed E-state index contributed by atoms with van der Waals surface area (Å²) in [6, 6.07) is 1.01. The molecular weight excluding hydrogens is 359 g/mol. The third-order valence-electron chi connectivity index (χ3n) is 6.08. The lowest BCUT2D eigenvalue weighted by molar-refractivity contribution is 0.0712. The molecule has 0 heterocycles. The molecular formula is C21H43O3PSi. The first-order valence-corrected chi connectivity index (χ1v) is 15.0. The van der Waals surface area contributed by atoms with Crippen LogP contribution >= 0.6 is 7.92 Å². The summed E-state index contributed by atoms with van der Waals surface area (Å²) >= 11 is 0. The average Bonchev–Trinajstić information content (AvgIpc) is 2.67. The minimum absolute atomic E-state index is 0.178. The van der Waals surface area contributed by atoms with Gasteiger partial charge in [0, 0.05) is 25.9 Å². The first kappa shape index (κ1) is 22.8. The zero-order valence-corrected chi connectivity index (χ0v) is 19.5. The van der Waals surface area contributed by atoms with Crippen LogP contribution in [0.5, 0.6) is 0 Å². The van der Waals surface area contributed by atoms with E-state index in [0.717, 1.165) is 17.4 Å². The third-order valence-corrected chi connectivity index (χ3v) is 13.0. The molecule has 0 spiro atoms. The highest BCUT2D eigenvalue weighted by atomic mass is 31.1. The van der Waals surface area contributed by atoms with Crippen molar-refractivity contribution in [3.8, 4) is 0 Å². The zero-order valence-electron chi connectivity index (χ0n) is 17.6. The fourth-order valence-electron chi connectivity index (χ4n) is 4.97. The van der Waals surface area contributed by atoms with E-state index in [1.54, 1.807) is 0 Å². The molecule has 2 aliphatic rings. The maximum Gasteiger partial charge on any atom is 0.500 e. The van der Waals surface area contributed by atoms with Crippen LogP contribution in [0.3, 0.4) is 0 Å². The fourth-order valence-corrected chi connectivity index (χ4v) is 11.8. The molecule has 0 aliphatic heterocycles. The van der Waals surface area contributed by atoms with Gasteiger partial charge in [-0.1, -0.05) is 38.5 Å². The molecule has 0 atom stereocenters. The van der Waals surface area contributed by atoms with E-state index in [9.17, 15) is 0 Å². The lowest BCUT2D eigenvalue weighted by atomic mass is 9.99. The molecule has 2 aliphatic carbocycles. The molecule has 0 unspecified atom stereocenters. The van der Waals surface area contributed by atoms with Gasteiger partial charge in [-0.3, -0.25) is 0 Å². The van der Waals surface area contributed by atoms with Crippen LogP contribution in [0.1, 0.15) is 91.4 Å². The summed E-state index contributed by atoms with van der Waals surface area (Å²) in [5, 5.41) is 0. The van der Waals surface area contributed by atoms with Crippen LogP contribution in [0.25, 0.3) is 0 Å². The Kier molecular flexibility index (Phi) is 11.3. The minimum Gasteiger partial charge on any atom is -0.374 e. The second kappa shape index (κ2) is 12.9. The van der Waals surface area contributed by atoms with Crippen molar-refractivity contribution >= 4 is 16.7 Å². The van der Waals surface area contributed by atoms with E-state index in [1.807, 2.05) is 0 Å². The van der Waals surface area contributed by atoms with E-state index >= 15 is 0 Å². The highest BCUT2D eigenvalue weighted by Gasteiger charge is 2.40. The summed E-state index contributed by atoms with van der Waals surface area (Å²) in [6.07, 6.45) is 17.5. The van der Waals surface area contributed by atoms with Crippen LogP contribution in [-0.4, -0.2) is 46.1 Å². The van der Waals surface area contributed by atoms with Gasteiger partial charge < -0.3 is 13.3 Å². The second-order valence-corrected chi connectivity index (χ2v) is 13.6. The molecule has 0 aromatic heterocycles. The quantitative estimate of drug-likeness (QED) is 0.273. The van der Waals surface area contributed by atoms with E-state index < -0.39 is 8.80 Å². The lowest BCUT2D eigenvalue weighted by Crippen LogP contribution is -2.46. The zero-order chi connectivity index (χ0) is 18.7. The van der Waals surface area contributed by atoms with E-state index in [2.05, 4.69) is 20.8 Å². The second-order valence-electron chi connectivity index (χ2n) is 7.91. The van der Waals surface area contributed by atoms with Crippen molar-refractivity contribution in [2.24, 2.45) is 0 Å². The van der Waals surface area contributed by atoms with Crippen LogP contribution in [0.15, 0.2) is 0 Å². The van der Waals surface area contributed by atoms with E-state index in [0.29, 0.717) is 19.8 Å². The fraction of sp³-hybridized carbons (Fsp3) is 1.00. The minimum atomic E-state index is -2.45. The first-order chi connectivity index (χ1) is 12.7. The molecule has 0 aromatic rings. The van der Waals surface area contributed by atoms with E-state index in [-0.39, 0.29) is 7.92 Å². The van der Waals surface area contributed by atoms with Gasteiger partial charge in [0.1, 0.15) is 0 Å². The van der Waals surface area contributed by atoms with Gasteiger partial charge in [-0.05, 0) is 70.4 Å². The van der Waals surface area contributed by atoms with E-state index in [4.69, 9.17) is 13.3 Å². The summed E-state index contributed by atoms with van der Waals surface area (Å²) in [5.41, 5.74) is 2.09. The highest BCUT2D eigenvalue weighted by molar-refractivity contribution is 7.59. The predicted octanol–water partition coefficient (Wildman–Crippen LogP) is 6.57. The van der Waals surface area contributed by atoms with Gasteiger partial charge >= 0.3 is 8.80 Å². The van der Waals surface area contributed by atoms with Crippen molar-refractivity contribution in [1.82, 2.24) is 0 Å². The SMILES string of the molecule is CCO[Si](CCCP(C1CCCCC1)C1CCCCC1)(OCC)OCC. The molecule has 0 radical (unpaired) electrons. The number of hydrogen-bond donors (Lipinski definition) is 0. The van der Waals surface area contributed by atoms with Crippen molar-refractivity contribution in [2.45, 2.75) is 109 Å². The molecule has 2 saturated carbocycles. The van der Waals surface area contributed by atoms with Gasteiger partial charge in [-0.2, -0.15) is 0 Å². The molecule has 0 saturated heterocycles. The largest absolute Gasteiger partial charge is 0.500 e. The van der Waals surface area contributed by atoms with Crippen LogP contribution in [0.2, 0.25) is 6.04 Å². The van der Waals surface area contributed by atoms with Crippen molar-refractivity contribution < 1.29 is 13.3 Å². The predicted molar refractivity (Wildman–Crippen MR) is 116 cm³/mol. The molecule has 0 aromatic carbocycles. The van der Waals surface area contributed by atoms with Crippen molar-refractivity contribution in [3.05, 3.63) is 0 Å². The Bertz CT molecular complexity index is 322. The Morgan fingerprint density at radius 1 is 0.692 bits per heavy atom. The summed E-state index contributed by atoms with van der Waals surface area (Å²) in [6.45, 7) is 8.30. The van der Waals surface area contributed by atoms with Gasteiger partial charge in [0.05, 0.1) is 0 Å². The monoisotopic (exact) mass is 402 g/mol. The van der Waals surface area contributed by atoms with Crippen LogP contribution in [0, 0.1) is 0 Å². The van der Waals surface area contributed by atoms with Gasteiger partial charge in [0.2, 0.25) is 0 Å².